The molecule has 0 heterocycles. The van der Waals surface area contributed by atoms with E-state index < -0.39 is 18.4 Å². The van der Waals surface area contributed by atoms with Gasteiger partial charge in [0.05, 0.1) is 0 Å². The summed E-state index contributed by atoms with van der Waals surface area (Å²) < 4.78 is 12.4. The lowest BCUT2D eigenvalue weighted by atomic mass is 10.1. The van der Waals surface area contributed by atoms with Gasteiger partial charge in [0.15, 0.2) is 0 Å². The molecule has 0 unspecified atom stereocenters. The summed E-state index contributed by atoms with van der Waals surface area (Å²) in [6.45, 7) is 0.307. The lowest BCUT2D eigenvalue weighted by Crippen LogP contribution is -2.27. The highest BCUT2D eigenvalue weighted by molar-refractivity contribution is 6.18. The number of anilines is 1. The van der Waals surface area contributed by atoms with Gasteiger partial charge in [-0.1, -0.05) is 12.1 Å². The molecule has 0 radical (unpaired) electrons. The molecule has 0 spiro atoms. The number of hydrogen-bond donors (Lipinski definition) is 2. The van der Waals surface area contributed by atoms with Crippen molar-refractivity contribution in [1.29, 1.82) is 0 Å². The van der Waals surface area contributed by atoms with E-state index in [1.165, 1.54) is 0 Å². The molecule has 0 aliphatic carbocycles. The zero-order valence-corrected chi connectivity index (χ0v) is 11.0. The first-order chi connectivity index (χ1) is 9.08. The van der Waals surface area contributed by atoms with Gasteiger partial charge in [-0.25, -0.2) is 9.18 Å². The molecular weight excluding hydrogens is 273 g/mol. The number of rotatable bonds is 7. The van der Waals surface area contributed by atoms with E-state index in [-0.39, 0.29) is 6.54 Å². The smallest absolute Gasteiger partial charge is 0.370 e. The van der Waals surface area contributed by atoms with Crippen LogP contribution >= 0.6 is 11.6 Å². The molecule has 6 heteroatoms. The normalized spacial score (nSPS) is 11.4. The maximum atomic E-state index is 12.4. The van der Waals surface area contributed by atoms with Crippen molar-refractivity contribution in [1.82, 2.24) is 0 Å². The SMILES string of the molecule is O=C(O)C(O)=Cc1ccc(N(CCF)CCCl)cc1. The van der Waals surface area contributed by atoms with Crippen LogP contribution in [0.5, 0.6) is 0 Å². The number of aliphatic hydroxyl groups excluding tert-OH is 1. The molecule has 0 saturated heterocycles. The van der Waals surface area contributed by atoms with Gasteiger partial charge in [-0.15, -0.1) is 11.6 Å². The van der Waals surface area contributed by atoms with Crippen LogP contribution in [0, 0.1) is 0 Å². The van der Waals surface area contributed by atoms with Crippen LogP contribution in [0.1, 0.15) is 5.56 Å². The number of halogens is 2. The first-order valence-corrected chi connectivity index (χ1v) is 6.23. The second-order valence-corrected chi connectivity index (χ2v) is 4.17. The van der Waals surface area contributed by atoms with Gasteiger partial charge < -0.3 is 15.1 Å². The maximum absolute atomic E-state index is 12.4. The topological polar surface area (TPSA) is 60.8 Å². The van der Waals surface area contributed by atoms with E-state index in [9.17, 15) is 9.18 Å². The van der Waals surface area contributed by atoms with Crippen LogP contribution in [0.15, 0.2) is 30.0 Å². The van der Waals surface area contributed by atoms with E-state index in [2.05, 4.69) is 0 Å². The van der Waals surface area contributed by atoms with E-state index >= 15 is 0 Å². The molecule has 0 bridgehead atoms. The third-order valence-corrected chi connectivity index (χ3v) is 2.66. The fourth-order valence-corrected chi connectivity index (χ4v) is 1.78. The quantitative estimate of drug-likeness (QED) is 0.460. The summed E-state index contributed by atoms with van der Waals surface area (Å²) in [4.78, 5) is 12.3. The van der Waals surface area contributed by atoms with Crippen LogP contribution < -0.4 is 4.90 Å². The first-order valence-electron chi connectivity index (χ1n) is 5.69. The van der Waals surface area contributed by atoms with Crippen molar-refractivity contribution in [2.24, 2.45) is 0 Å². The van der Waals surface area contributed by atoms with Crippen LogP contribution in [-0.2, 0) is 4.79 Å². The van der Waals surface area contributed by atoms with E-state index in [1.54, 1.807) is 29.2 Å². The second kappa shape index (κ2) is 7.63. The lowest BCUT2D eigenvalue weighted by Gasteiger charge is -2.22. The van der Waals surface area contributed by atoms with Crippen LogP contribution in [0.3, 0.4) is 0 Å². The van der Waals surface area contributed by atoms with Crippen LogP contribution in [0.25, 0.3) is 6.08 Å². The number of aliphatic hydroxyl groups is 1. The van der Waals surface area contributed by atoms with Gasteiger partial charge in [-0.3, -0.25) is 0 Å². The van der Waals surface area contributed by atoms with Crippen molar-refractivity contribution in [2.45, 2.75) is 0 Å². The highest BCUT2D eigenvalue weighted by atomic mass is 35.5. The van der Waals surface area contributed by atoms with Gasteiger partial charge in [-0.05, 0) is 23.8 Å². The Labute approximate surface area is 115 Å². The molecule has 0 fully saturated rings. The molecule has 1 aromatic rings. The molecule has 0 aliphatic rings. The summed E-state index contributed by atoms with van der Waals surface area (Å²) in [5.41, 5.74) is 1.35. The van der Waals surface area contributed by atoms with E-state index in [0.29, 0.717) is 18.0 Å². The number of carbonyl (C=O) groups is 1. The number of benzene rings is 1. The number of aliphatic carboxylic acids is 1. The number of carboxylic acids is 1. The van der Waals surface area contributed by atoms with Crippen LogP contribution in [-0.4, -0.2) is 41.8 Å². The van der Waals surface area contributed by atoms with Gasteiger partial charge in [0, 0.05) is 24.7 Å². The van der Waals surface area contributed by atoms with Crippen LogP contribution in [0.2, 0.25) is 0 Å². The zero-order chi connectivity index (χ0) is 14.3. The Kier molecular flexibility index (Phi) is 6.15. The lowest BCUT2D eigenvalue weighted by molar-refractivity contribution is -0.135. The number of alkyl halides is 2. The Hall–Kier alpha value is -1.75. The summed E-state index contributed by atoms with van der Waals surface area (Å²) >= 11 is 5.64. The summed E-state index contributed by atoms with van der Waals surface area (Å²) in [6.07, 6.45) is 1.15. The minimum absolute atomic E-state index is 0.252. The van der Waals surface area contributed by atoms with Crippen molar-refractivity contribution in [3.05, 3.63) is 35.6 Å². The van der Waals surface area contributed by atoms with Gasteiger partial charge in [-0.2, -0.15) is 0 Å². The Balaban J connectivity index is 2.85. The van der Waals surface area contributed by atoms with Crippen molar-refractivity contribution in [2.75, 3.05) is 30.5 Å². The standard InChI is InChI=1S/C13H15ClFNO3/c14-5-7-16(8-6-15)11-3-1-10(2-4-11)9-12(17)13(18)19/h1-4,9,17H,5-8H2,(H,18,19). The maximum Gasteiger partial charge on any atom is 0.370 e. The number of nitrogens with zero attached hydrogens (tertiary/aromatic N) is 1. The molecule has 1 rings (SSSR count). The first kappa shape index (κ1) is 15.3. The third-order valence-electron chi connectivity index (χ3n) is 2.49. The molecule has 0 atom stereocenters. The molecule has 0 aliphatic heterocycles. The molecule has 1 aromatic carbocycles. The van der Waals surface area contributed by atoms with E-state index in [4.69, 9.17) is 21.8 Å². The van der Waals surface area contributed by atoms with Gasteiger partial charge >= 0.3 is 5.97 Å². The number of hydrogen-bond acceptors (Lipinski definition) is 3. The molecule has 4 nitrogen and oxygen atoms in total. The third kappa shape index (κ3) is 4.79. The van der Waals surface area contributed by atoms with Crippen molar-refractivity contribution >= 4 is 29.3 Å². The second-order valence-electron chi connectivity index (χ2n) is 3.79. The average molecular weight is 288 g/mol. The summed E-state index contributed by atoms with van der Waals surface area (Å²) in [5.74, 6) is -1.72. The Morgan fingerprint density at radius 1 is 1.26 bits per heavy atom. The molecule has 0 aromatic heterocycles. The Morgan fingerprint density at radius 3 is 2.37 bits per heavy atom. The van der Waals surface area contributed by atoms with E-state index in [1.807, 2.05) is 0 Å². The summed E-state index contributed by atoms with van der Waals surface area (Å²) in [7, 11) is 0. The summed E-state index contributed by atoms with van der Waals surface area (Å²) in [6, 6.07) is 6.74. The average Bonchev–Trinajstić information content (AvgIpc) is 2.39. The molecular formula is C13H15ClFNO3. The summed E-state index contributed by atoms with van der Waals surface area (Å²) in [5, 5.41) is 17.7. The van der Waals surface area contributed by atoms with Gasteiger partial charge in [0.1, 0.15) is 6.67 Å². The largest absolute Gasteiger partial charge is 0.502 e. The van der Waals surface area contributed by atoms with Gasteiger partial charge in [0.25, 0.3) is 0 Å². The predicted molar refractivity (Wildman–Crippen MR) is 73.6 cm³/mol. The molecule has 0 amide bonds. The van der Waals surface area contributed by atoms with Gasteiger partial charge in [0.2, 0.25) is 5.76 Å². The van der Waals surface area contributed by atoms with Crippen molar-refractivity contribution in [3.8, 4) is 0 Å². The highest BCUT2D eigenvalue weighted by Gasteiger charge is 2.06. The fraction of sp³-hybridized carbons (Fsp3) is 0.308. The molecule has 0 saturated carbocycles. The van der Waals surface area contributed by atoms with Crippen molar-refractivity contribution in [3.63, 3.8) is 0 Å². The van der Waals surface area contributed by atoms with E-state index in [0.717, 1.165) is 11.8 Å². The highest BCUT2D eigenvalue weighted by Crippen LogP contribution is 2.16. The fourth-order valence-electron chi connectivity index (χ4n) is 1.58. The number of carboxylic acid groups (broad SMARTS) is 1. The Bertz CT molecular complexity index is 442. The monoisotopic (exact) mass is 287 g/mol. The molecule has 19 heavy (non-hydrogen) atoms. The minimum atomic E-state index is -1.38. The predicted octanol–water partition coefficient (Wildman–Crippen LogP) is 2.68. The minimum Gasteiger partial charge on any atom is -0.502 e. The van der Waals surface area contributed by atoms with Crippen LogP contribution in [0.4, 0.5) is 10.1 Å². The Morgan fingerprint density at radius 2 is 1.89 bits per heavy atom. The molecule has 104 valence electrons. The zero-order valence-electron chi connectivity index (χ0n) is 10.2. The van der Waals surface area contributed by atoms with Crippen molar-refractivity contribution < 1.29 is 19.4 Å². The molecule has 2 N–H and O–H groups in total.